The van der Waals surface area contributed by atoms with Gasteiger partial charge in [0.05, 0.1) is 6.10 Å². The van der Waals surface area contributed by atoms with Gasteiger partial charge in [-0.05, 0) is 72.2 Å². The van der Waals surface area contributed by atoms with Crippen molar-refractivity contribution >= 4 is 16.3 Å². The van der Waals surface area contributed by atoms with E-state index >= 15 is 0 Å². The maximum atomic E-state index is 10.7. The van der Waals surface area contributed by atoms with Crippen molar-refractivity contribution in [3.8, 4) is 0 Å². The Morgan fingerprint density at radius 3 is 2.16 bits per heavy atom. The zero-order valence-electron chi connectivity index (χ0n) is 15.2. The predicted molar refractivity (Wildman–Crippen MR) is 94.8 cm³/mol. The first-order chi connectivity index (χ1) is 10.5. The number of hydrogen-bond donors (Lipinski definition) is 1. The van der Waals surface area contributed by atoms with Crippen LogP contribution in [-0.2, 0) is 21.7 Å². The summed E-state index contributed by atoms with van der Waals surface area (Å²) in [6.07, 6.45) is 1.32. The van der Waals surface area contributed by atoms with Crippen molar-refractivity contribution < 1.29 is 51.6 Å². The summed E-state index contributed by atoms with van der Waals surface area (Å²) >= 11 is 0. The Morgan fingerprint density at radius 1 is 0.960 bits per heavy atom. The summed E-state index contributed by atoms with van der Waals surface area (Å²) in [6, 6.07) is 12.7. The van der Waals surface area contributed by atoms with Crippen molar-refractivity contribution in [1.29, 1.82) is 0 Å². The molecule has 0 heterocycles. The molecule has 2 aromatic carbocycles. The first-order valence-electron chi connectivity index (χ1n) is 8.11. The maximum Gasteiger partial charge on any atom is 2.00 e. The molecule has 1 aliphatic carbocycles. The molecule has 1 atom stereocenters. The number of aliphatic hydroxyl groups excluding tert-OH is 1. The molecule has 132 valence electrons. The molecule has 1 aliphatic rings. The van der Waals surface area contributed by atoms with Gasteiger partial charge in [-0.15, -0.1) is 0 Å². The van der Waals surface area contributed by atoms with Gasteiger partial charge in [-0.1, -0.05) is 48.9 Å². The van der Waals surface area contributed by atoms with E-state index in [9.17, 15) is 5.11 Å². The van der Waals surface area contributed by atoms with Gasteiger partial charge < -0.3 is 29.9 Å². The molecule has 4 heteroatoms. The first-order valence-corrected chi connectivity index (χ1v) is 8.11. The molecule has 0 saturated carbocycles. The van der Waals surface area contributed by atoms with Gasteiger partial charge in [-0.2, -0.15) is 0 Å². The second-order valence-electron chi connectivity index (χ2n) is 6.36. The zero-order valence-corrected chi connectivity index (χ0v) is 18.2. The molecule has 0 radical (unpaired) electrons. The average molecular weight is 411 g/mol. The SMILES string of the molecule is CCC(O)c1c(C2=C(C)C(C)=C(C)C2)ccc2ccccc12.[Cl-].[Cl-].[Ti+2]. The van der Waals surface area contributed by atoms with Gasteiger partial charge in [0.25, 0.3) is 0 Å². The summed E-state index contributed by atoms with van der Waals surface area (Å²) in [4.78, 5) is 0. The zero-order chi connectivity index (χ0) is 15.9. The van der Waals surface area contributed by atoms with Crippen LogP contribution in [0.5, 0.6) is 0 Å². The van der Waals surface area contributed by atoms with Crippen molar-refractivity contribution in [3.63, 3.8) is 0 Å². The third-order valence-corrected chi connectivity index (χ3v) is 5.11. The molecule has 2 aromatic rings. The Kier molecular flexibility index (Phi) is 9.72. The summed E-state index contributed by atoms with van der Waals surface area (Å²) < 4.78 is 0. The van der Waals surface area contributed by atoms with Crippen molar-refractivity contribution in [2.45, 2.75) is 46.6 Å². The molecule has 0 saturated heterocycles. The normalized spacial score (nSPS) is 14.8. The Hall–Kier alpha value is -0.566. The van der Waals surface area contributed by atoms with E-state index in [-0.39, 0.29) is 46.5 Å². The summed E-state index contributed by atoms with van der Waals surface area (Å²) in [5, 5.41) is 13.0. The van der Waals surface area contributed by atoms with Gasteiger partial charge >= 0.3 is 21.7 Å². The Labute approximate surface area is 178 Å². The van der Waals surface area contributed by atoms with Crippen LogP contribution in [0.2, 0.25) is 0 Å². The van der Waals surface area contributed by atoms with Crippen LogP contribution in [0.25, 0.3) is 16.3 Å². The third-order valence-electron chi connectivity index (χ3n) is 5.11. The van der Waals surface area contributed by atoms with Crippen molar-refractivity contribution in [1.82, 2.24) is 0 Å². The quantitative estimate of drug-likeness (QED) is 0.695. The van der Waals surface area contributed by atoms with Gasteiger partial charge in [0.2, 0.25) is 0 Å². The van der Waals surface area contributed by atoms with E-state index in [1.807, 2.05) is 6.92 Å². The minimum absolute atomic E-state index is 0. The van der Waals surface area contributed by atoms with Gasteiger partial charge in [0.1, 0.15) is 0 Å². The second kappa shape index (κ2) is 9.95. The number of benzene rings is 2. The fraction of sp³-hybridized carbons (Fsp3) is 0.333. The monoisotopic (exact) mass is 410 g/mol. The predicted octanol–water partition coefficient (Wildman–Crippen LogP) is -0.198. The average Bonchev–Trinajstić information content (AvgIpc) is 2.80. The summed E-state index contributed by atoms with van der Waals surface area (Å²) in [7, 11) is 0. The van der Waals surface area contributed by atoms with Gasteiger partial charge in [-0.3, -0.25) is 0 Å². The summed E-state index contributed by atoms with van der Waals surface area (Å²) in [5.41, 5.74) is 7.91. The number of fused-ring (bicyclic) bond motifs is 1. The Balaban J connectivity index is 0.00000192. The largest absolute Gasteiger partial charge is 2.00 e. The molecule has 0 spiro atoms. The molecular formula is C21H24Cl2OTi. The summed E-state index contributed by atoms with van der Waals surface area (Å²) in [6.45, 7) is 8.66. The Morgan fingerprint density at radius 2 is 1.60 bits per heavy atom. The molecule has 0 aromatic heterocycles. The number of rotatable bonds is 3. The first kappa shape index (κ1) is 24.4. The molecule has 25 heavy (non-hydrogen) atoms. The Bertz CT molecular complexity index is 809. The molecular weight excluding hydrogens is 387 g/mol. The van der Waals surface area contributed by atoms with Crippen LogP contribution in [0, 0.1) is 0 Å². The van der Waals surface area contributed by atoms with Crippen LogP contribution in [0.4, 0.5) is 0 Å². The van der Waals surface area contributed by atoms with E-state index in [2.05, 4.69) is 57.2 Å². The fourth-order valence-corrected chi connectivity index (χ4v) is 3.50. The smallest absolute Gasteiger partial charge is 1.00 e. The van der Waals surface area contributed by atoms with Crippen LogP contribution in [-0.4, -0.2) is 5.11 Å². The van der Waals surface area contributed by atoms with Gasteiger partial charge in [-0.25, -0.2) is 0 Å². The van der Waals surface area contributed by atoms with Crippen LogP contribution in [0.15, 0.2) is 53.1 Å². The molecule has 0 amide bonds. The van der Waals surface area contributed by atoms with Crippen molar-refractivity contribution in [2.24, 2.45) is 0 Å². The maximum absolute atomic E-state index is 10.7. The fourth-order valence-electron chi connectivity index (χ4n) is 3.50. The third kappa shape index (κ3) is 4.41. The van der Waals surface area contributed by atoms with Crippen LogP contribution in [0.1, 0.15) is 57.8 Å². The summed E-state index contributed by atoms with van der Waals surface area (Å²) in [5.74, 6) is 0. The van der Waals surface area contributed by atoms with Crippen molar-refractivity contribution in [2.75, 3.05) is 0 Å². The molecule has 0 bridgehead atoms. The minimum Gasteiger partial charge on any atom is -1.00 e. The van der Waals surface area contributed by atoms with Gasteiger partial charge in [0, 0.05) is 0 Å². The van der Waals surface area contributed by atoms with Crippen LogP contribution in [0.3, 0.4) is 0 Å². The van der Waals surface area contributed by atoms with E-state index in [0.717, 1.165) is 18.4 Å². The van der Waals surface area contributed by atoms with Crippen LogP contribution >= 0.6 is 0 Å². The molecule has 0 fully saturated rings. The number of hydrogen-bond acceptors (Lipinski definition) is 1. The molecule has 3 rings (SSSR count). The van der Waals surface area contributed by atoms with E-state index in [4.69, 9.17) is 0 Å². The van der Waals surface area contributed by atoms with E-state index in [0.29, 0.717) is 0 Å². The number of allylic oxidation sites excluding steroid dienone is 4. The number of aliphatic hydroxyl groups is 1. The molecule has 1 unspecified atom stereocenters. The minimum atomic E-state index is -0.414. The second-order valence-corrected chi connectivity index (χ2v) is 6.36. The molecule has 1 nitrogen and oxygen atoms in total. The number of halogens is 2. The topological polar surface area (TPSA) is 20.2 Å². The van der Waals surface area contributed by atoms with E-state index in [1.54, 1.807) is 0 Å². The van der Waals surface area contributed by atoms with Crippen molar-refractivity contribution in [3.05, 3.63) is 64.2 Å². The van der Waals surface area contributed by atoms with E-state index in [1.165, 1.54) is 38.6 Å². The van der Waals surface area contributed by atoms with Crippen LogP contribution < -0.4 is 24.8 Å². The molecule has 1 N–H and O–H groups in total. The van der Waals surface area contributed by atoms with E-state index < -0.39 is 6.10 Å². The molecule has 0 aliphatic heterocycles. The standard InChI is InChI=1S/C21H24O.2ClH.Ti/c1-5-20(22)21-17-9-7-6-8-16(17)10-11-18(21)19-12-13(2)14(3)15(19)4;;;/h6-11,20,22H,5,12H2,1-4H3;2*1H;/q;;;+2/p-2. The van der Waals surface area contributed by atoms with Gasteiger partial charge in [0.15, 0.2) is 0 Å².